The Kier molecular flexibility index (Phi) is 6.39. The summed E-state index contributed by atoms with van der Waals surface area (Å²) in [6.45, 7) is 2.11. The van der Waals surface area contributed by atoms with Crippen LogP contribution in [-0.2, 0) is 10.5 Å². The van der Waals surface area contributed by atoms with Crippen LogP contribution in [0.5, 0.6) is 11.5 Å². The number of likely N-dealkylation sites (tertiary alicyclic amines) is 1. The van der Waals surface area contributed by atoms with Crippen molar-refractivity contribution in [1.29, 1.82) is 0 Å². The van der Waals surface area contributed by atoms with E-state index in [0.29, 0.717) is 18.6 Å². The predicted octanol–water partition coefficient (Wildman–Crippen LogP) is 3.61. The topological polar surface area (TPSA) is 92.9 Å². The SMILES string of the molecule is CC(C)(F)[C@@](F)(C(=O)N1CCC(Oc2ccc(F)cc2)CC1)c1ccc(O)c(C(N)=O)c1. The van der Waals surface area contributed by atoms with Crippen LogP contribution in [-0.4, -0.2) is 46.7 Å². The van der Waals surface area contributed by atoms with E-state index in [1.807, 2.05) is 0 Å². The van der Waals surface area contributed by atoms with Gasteiger partial charge in [-0.1, -0.05) is 6.07 Å². The van der Waals surface area contributed by atoms with Gasteiger partial charge in [0.15, 0.2) is 5.67 Å². The molecule has 1 atom stereocenters. The molecule has 2 amide bonds. The Morgan fingerprint density at radius 1 is 1.09 bits per heavy atom. The maximum absolute atomic E-state index is 16.2. The van der Waals surface area contributed by atoms with E-state index in [4.69, 9.17) is 10.5 Å². The molecule has 1 aliphatic heterocycles. The number of hydrogen-bond acceptors (Lipinski definition) is 4. The van der Waals surface area contributed by atoms with E-state index in [0.717, 1.165) is 32.0 Å². The van der Waals surface area contributed by atoms with E-state index in [9.17, 15) is 19.1 Å². The summed E-state index contributed by atoms with van der Waals surface area (Å²) in [5.74, 6) is -2.53. The van der Waals surface area contributed by atoms with Crippen LogP contribution in [0.3, 0.4) is 0 Å². The number of ether oxygens (including phenoxy) is 1. The molecule has 3 rings (SSSR count). The highest BCUT2D eigenvalue weighted by atomic mass is 19.2. The third-order valence-electron chi connectivity index (χ3n) is 5.62. The minimum atomic E-state index is -3.12. The number of alkyl halides is 2. The Morgan fingerprint density at radius 3 is 2.22 bits per heavy atom. The van der Waals surface area contributed by atoms with Crippen molar-refractivity contribution in [1.82, 2.24) is 4.90 Å². The summed E-state index contributed by atoms with van der Waals surface area (Å²) in [7, 11) is 0. The maximum atomic E-state index is 16.2. The number of rotatable bonds is 6. The molecule has 1 heterocycles. The highest BCUT2D eigenvalue weighted by Crippen LogP contribution is 2.43. The van der Waals surface area contributed by atoms with Gasteiger partial charge in [-0.3, -0.25) is 9.59 Å². The molecular formula is C23H25F3N2O4. The van der Waals surface area contributed by atoms with E-state index in [2.05, 4.69) is 0 Å². The van der Waals surface area contributed by atoms with E-state index >= 15 is 8.78 Å². The van der Waals surface area contributed by atoms with Crippen molar-refractivity contribution in [3.05, 3.63) is 59.4 Å². The molecule has 9 heteroatoms. The summed E-state index contributed by atoms with van der Waals surface area (Å²) in [4.78, 5) is 25.9. The summed E-state index contributed by atoms with van der Waals surface area (Å²) in [5.41, 5.74) is -1.38. The van der Waals surface area contributed by atoms with E-state index in [1.54, 1.807) is 0 Å². The number of phenols is 1. The zero-order valence-electron chi connectivity index (χ0n) is 17.8. The highest BCUT2D eigenvalue weighted by Gasteiger charge is 2.56. The number of halogens is 3. The van der Waals surface area contributed by atoms with Gasteiger partial charge in [-0.2, -0.15) is 0 Å². The molecule has 6 nitrogen and oxygen atoms in total. The van der Waals surface area contributed by atoms with Gasteiger partial charge in [0.2, 0.25) is 5.67 Å². The molecule has 172 valence electrons. The standard InChI is InChI=1S/C23H25F3N2O4/c1-22(2,25)23(26,14-3-8-19(29)18(13-14)20(27)30)21(31)28-11-9-17(10-12-28)32-16-6-4-15(24)5-7-16/h3-8,13,17,29H,9-12H2,1-2H3,(H2,27,30)/t23-/m0/s1. The fourth-order valence-corrected chi connectivity index (χ4v) is 3.77. The molecule has 0 aromatic heterocycles. The number of aromatic hydroxyl groups is 1. The second kappa shape index (κ2) is 8.72. The van der Waals surface area contributed by atoms with Crippen LogP contribution in [0.1, 0.15) is 42.6 Å². The number of benzene rings is 2. The Balaban J connectivity index is 1.79. The molecule has 1 aliphatic rings. The van der Waals surface area contributed by atoms with E-state index < -0.39 is 40.0 Å². The predicted molar refractivity (Wildman–Crippen MR) is 111 cm³/mol. The number of carbonyl (C=O) groups is 2. The minimum Gasteiger partial charge on any atom is -0.507 e. The second-order valence-corrected chi connectivity index (χ2v) is 8.29. The smallest absolute Gasteiger partial charge is 0.268 e. The van der Waals surface area contributed by atoms with Gasteiger partial charge in [0.25, 0.3) is 11.8 Å². The van der Waals surface area contributed by atoms with Crippen molar-refractivity contribution < 1.29 is 32.6 Å². The van der Waals surface area contributed by atoms with Crippen LogP contribution < -0.4 is 10.5 Å². The molecule has 32 heavy (non-hydrogen) atoms. The number of carbonyl (C=O) groups excluding carboxylic acids is 2. The second-order valence-electron chi connectivity index (χ2n) is 8.29. The van der Waals surface area contributed by atoms with Crippen LogP contribution in [0.25, 0.3) is 0 Å². The lowest BCUT2D eigenvalue weighted by atomic mass is 9.80. The van der Waals surface area contributed by atoms with Crippen LogP contribution in [0.2, 0.25) is 0 Å². The first kappa shape index (κ1) is 23.4. The highest BCUT2D eigenvalue weighted by molar-refractivity contribution is 5.96. The van der Waals surface area contributed by atoms with E-state index in [-0.39, 0.29) is 25.0 Å². The molecule has 0 radical (unpaired) electrons. The van der Waals surface area contributed by atoms with Crippen LogP contribution in [0, 0.1) is 5.82 Å². The first-order valence-corrected chi connectivity index (χ1v) is 10.2. The van der Waals surface area contributed by atoms with Crippen molar-refractivity contribution in [2.24, 2.45) is 5.73 Å². The number of nitrogens with zero attached hydrogens (tertiary/aromatic N) is 1. The third-order valence-corrected chi connectivity index (χ3v) is 5.62. The van der Waals surface area contributed by atoms with Crippen LogP contribution >= 0.6 is 0 Å². The van der Waals surface area contributed by atoms with Crippen molar-refractivity contribution in [2.75, 3.05) is 13.1 Å². The molecule has 2 aromatic carbocycles. The molecule has 1 fully saturated rings. The monoisotopic (exact) mass is 450 g/mol. The quantitative estimate of drug-likeness (QED) is 0.703. The van der Waals surface area contributed by atoms with Gasteiger partial charge in [0, 0.05) is 31.5 Å². The van der Waals surface area contributed by atoms with Crippen molar-refractivity contribution >= 4 is 11.8 Å². The van der Waals surface area contributed by atoms with Gasteiger partial charge in [-0.15, -0.1) is 0 Å². The van der Waals surface area contributed by atoms with Gasteiger partial charge >= 0.3 is 0 Å². The largest absolute Gasteiger partial charge is 0.507 e. The first-order chi connectivity index (χ1) is 14.9. The molecule has 0 saturated carbocycles. The zero-order valence-corrected chi connectivity index (χ0v) is 17.8. The van der Waals surface area contributed by atoms with Crippen LogP contribution in [0.4, 0.5) is 13.2 Å². The number of amides is 2. The lowest BCUT2D eigenvalue weighted by Crippen LogP contribution is -2.56. The summed E-state index contributed by atoms with van der Waals surface area (Å²) >= 11 is 0. The maximum Gasteiger partial charge on any atom is 0.268 e. The van der Waals surface area contributed by atoms with Crippen molar-refractivity contribution in [3.63, 3.8) is 0 Å². The van der Waals surface area contributed by atoms with Gasteiger partial charge in [-0.05, 0) is 50.2 Å². The molecule has 3 N–H and O–H groups in total. The lowest BCUT2D eigenvalue weighted by molar-refractivity contribution is -0.158. The molecule has 0 unspecified atom stereocenters. The number of nitrogens with two attached hydrogens (primary N) is 1. The number of primary amides is 1. The average Bonchev–Trinajstić information content (AvgIpc) is 2.74. The third kappa shape index (κ3) is 4.51. The normalized spacial score (nSPS) is 17.0. The zero-order chi connectivity index (χ0) is 23.7. The number of hydrogen-bond donors (Lipinski definition) is 2. The van der Waals surface area contributed by atoms with Crippen molar-refractivity contribution in [2.45, 2.75) is 44.1 Å². The van der Waals surface area contributed by atoms with Gasteiger partial charge in [-0.25, -0.2) is 13.2 Å². The van der Waals surface area contributed by atoms with Gasteiger partial charge in [0.05, 0.1) is 5.56 Å². The van der Waals surface area contributed by atoms with Gasteiger partial charge < -0.3 is 20.5 Å². The Hall–Kier alpha value is -3.23. The molecule has 0 aliphatic carbocycles. The molecule has 0 bridgehead atoms. The molecule has 1 saturated heterocycles. The lowest BCUT2D eigenvalue weighted by Gasteiger charge is -2.40. The van der Waals surface area contributed by atoms with E-state index in [1.165, 1.54) is 29.2 Å². The Bertz CT molecular complexity index is 999. The Morgan fingerprint density at radius 2 is 1.69 bits per heavy atom. The number of piperidine rings is 1. The molecule has 0 spiro atoms. The Labute approximate surface area is 183 Å². The average molecular weight is 450 g/mol. The molecule has 2 aromatic rings. The summed E-state index contributed by atoms with van der Waals surface area (Å²) in [5, 5.41) is 9.78. The fourth-order valence-electron chi connectivity index (χ4n) is 3.77. The summed E-state index contributed by atoms with van der Waals surface area (Å²) in [6.07, 6.45) is 0.467. The van der Waals surface area contributed by atoms with Crippen molar-refractivity contribution in [3.8, 4) is 11.5 Å². The minimum absolute atomic E-state index is 0.118. The molecular weight excluding hydrogens is 425 g/mol. The fraction of sp³-hybridized carbons (Fsp3) is 0.391. The van der Waals surface area contributed by atoms with Crippen LogP contribution in [0.15, 0.2) is 42.5 Å². The first-order valence-electron chi connectivity index (χ1n) is 10.2. The summed E-state index contributed by atoms with van der Waals surface area (Å²) < 4.78 is 50.1. The summed E-state index contributed by atoms with van der Waals surface area (Å²) in [6, 6.07) is 8.50. The van der Waals surface area contributed by atoms with Gasteiger partial charge in [0.1, 0.15) is 23.4 Å².